The first kappa shape index (κ1) is 23.5. The van der Waals surface area contributed by atoms with Crippen molar-refractivity contribution in [2.75, 3.05) is 5.32 Å². The Bertz CT molecular complexity index is 1460. The standard InChI is InChI=1S/C26H19Cl2NO5/c1-14-22(30)18-9-6-10-19(24(18)34-23(14)16-7-4-3-5-8-16)26(32)33-15(2)25(31)29-21-13-17(27)11-12-20(21)28/h3-13,15H,1-2H3,(H,29,31)/t15-/m0/s1. The van der Waals surface area contributed by atoms with Gasteiger partial charge in [0.1, 0.15) is 11.3 Å². The van der Waals surface area contributed by atoms with Crippen LogP contribution in [0.3, 0.4) is 0 Å². The number of halogens is 2. The van der Waals surface area contributed by atoms with Crippen LogP contribution in [0.15, 0.2) is 75.9 Å². The number of carbonyl (C=O) groups excluding carboxylic acids is 2. The zero-order valence-corrected chi connectivity index (χ0v) is 19.7. The highest BCUT2D eigenvalue weighted by Gasteiger charge is 2.24. The van der Waals surface area contributed by atoms with Gasteiger partial charge in [-0.15, -0.1) is 0 Å². The Kier molecular flexibility index (Phi) is 6.72. The van der Waals surface area contributed by atoms with Gasteiger partial charge < -0.3 is 14.5 Å². The van der Waals surface area contributed by atoms with E-state index in [1.54, 1.807) is 31.2 Å². The van der Waals surface area contributed by atoms with Crippen LogP contribution in [0.25, 0.3) is 22.3 Å². The van der Waals surface area contributed by atoms with Crippen LogP contribution < -0.4 is 10.7 Å². The van der Waals surface area contributed by atoms with E-state index in [-0.39, 0.29) is 27.0 Å². The summed E-state index contributed by atoms with van der Waals surface area (Å²) < 4.78 is 11.4. The fourth-order valence-electron chi connectivity index (χ4n) is 3.44. The molecular formula is C26H19Cl2NO5. The summed E-state index contributed by atoms with van der Waals surface area (Å²) in [6, 6.07) is 18.4. The van der Waals surface area contributed by atoms with Crippen molar-refractivity contribution < 1.29 is 18.7 Å². The molecule has 8 heteroatoms. The molecule has 0 aliphatic rings. The molecule has 1 amide bonds. The van der Waals surface area contributed by atoms with Crippen LogP contribution in [-0.2, 0) is 9.53 Å². The number of hydrogen-bond donors (Lipinski definition) is 1. The van der Waals surface area contributed by atoms with Crippen molar-refractivity contribution in [2.45, 2.75) is 20.0 Å². The number of ether oxygens (including phenoxy) is 1. The number of amides is 1. The average Bonchev–Trinajstić information content (AvgIpc) is 2.83. The number of rotatable bonds is 5. The first-order valence-corrected chi connectivity index (χ1v) is 11.1. The second-order valence-electron chi connectivity index (χ2n) is 7.59. The molecule has 0 radical (unpaired) electrons. The monoisotopic (exact) mass is 495 g/mol. The van der Waals surface area contributed by atoms with Crippen molar-refractivity contribution in [3.05, 3.63) is 98.1 Å². The minimum atomic E-state index is -1.16. The predicted molar refractivity (Wildman–Crippen MR) is 133 cm³/mol. The SMILES string of the molecule is Cc1c(-c2ccccc2)oc2c(C(=O)O[C@@H](C)C(=O)Nc3cc(Cl)ccc3Cl)cccc2c1=O. The molecule has 3 aromatic carbocycles. The number of hydrogen-bond acceptors (Lipinski definition) is 5. The molecule has 4 rings (SSSR count). The third-order valence-electron chi connectivity index (χ3n) is 5.24. The molecule has 0 fully saturated rings. The summed E-state index contributed by atoms with van der Waals surface area (Å²) in [7, 11) is 0. The maximum absolute atomic E-state index is 13.0. The van der Waals surface area contributed by atoms with Gasteiger partial charge in [-0.2, -0.15) is 0 Å². The lowest BCUT2D eigenvalue weighted by Crippen LogP contribution is -2.30. The van der Waals surface area contributed by atoms with Crippen molar-refractivity contribution in [3.63, 3.8) is 0 Å². The van der Waals surface area contributed by atoms with Crippen LogP contribution in [0.5, 0.6) is 0 Å². The second kappa shape index (κ2) is 9.71. The van der Waals surface area contributed by atoms with E-state index in [1.807, 2.05) is 30.3 Å². The predicted octanol–water partition coefficient (Wildman–Crippen LogP) is 6.26. The molecule has 1 N–H and O–H groups in total. The van der Waals surface area contributed by atoms with Gasteiger partial charge in [0.2, 0.25) is 0 Å². The van der Waals surface area contributed by atoms with E-state index in [9.17, 15) is 14.4 Å². The lowest BCUT2D eigenvalue weighted by Gasteiger charge is -2.15. The molecule has 0 saturated heterocycles. The summed E-state index contributed by atoms with van der Waals surface area (Å²) in [4.78, 5) is 38.6. The van der Waals surface area contributed by atoms with E-state index in [2.05, 4.69) is 5.32 Å². The maximum atomic E-state index is 13.0. The Morgan fingerprint density at radius 1 is 1.00 bits per heavy atom. The summed E-state index contributed by atoms with van der Waals surface area (Å²) in [5, 5.41) is 3.51. The molecule has 0 aliphatic heterocycles. The Balaban J connectivity index is 1.65. The number of anilines is 1. The molecule has 1 heterocycles. The summed E-state index contributed by atoms with van der Waals surface area (Å²) >= 11 is 12.0. The van der Waals surface area contributed by atoms with Gasteiger partial charge in [0.25, 0.3) is 5.91 Å². The van der Waals surface area contributed by atoms with Crippen molar-refractivity contribution in [1.82, 2.24) is 0 Å². The molecule has 34 heavy (non-hydrogen) atoms. The van der Waals surface area contributed by atoms with E-state index in [4.69, 9.17) is 32.4 Å². The number of carbonyl (C=O) groups is 2. The van der Waals surface area contributed by atoms with Crippen molar-refractivity contribution in [1.29, 1.82) is 0 Å². The number of benzene rings is 3. The molecule has 0 bridgehead atoms. The van der Waals surface area contributed by atoms with Crippen molar-refractivity contribution in [3.8, 4) is 11.3 Å². The van der Waals surface area contributed by atoms with E-state index >= 15 is 0 Å². The molecule has 1 aromatic heterocycles. The molecule has 172 valence electrons. The zero-order valence-electron chi connectivity index (χ0n) is 18.2. The van der Waals surface area contributed by atoms with Crippen LogP contribution >= 0.6 is 23.2 Å². The average molecular weight is 496 g/mol. The molecule has 0 saturated carbocycles. The van der Waals surface area contributed by atoms with Crippen LogP contribution in [0.4, 0.5) is 5.69 Å². The molecule has 1 atom stereocenters. The largest absolute Gasteiger partial charge is 0.455 e. The van der Waals surface area contributed by atoms with Gasteiger partial charge in [-0.3, -0.25) is 9.59 Å². The van der Waals surface area contributed by atoms with Gasteiger partial charge in [-0.25, -0.2) is 4.79 Å². The van der Waals surface area contributed by atoms with E-state index in [1.165, 1.54) is 19.1 Å². The summed E-state index contributed by atoms with van der Waals surface area (Å²) in [5.41, 5.74) is 1.29. The van der Waals surface area contributed by atoms with Crippen LogP contribution in [0, 0.1) is 6.92 Å². The highest BCUT2D eigenvalue weighted by Crippen LogP contribution is 2.28. The zero-order chi connectivity index (χ0) is 24.4. The van der Waals surface area contributed by atoms with Gasteiger partial charge in [0, 0.05) is 16.1 Å². The Hall–Kier alpha value is -3.61. The van der Waals surface area contributed by atoms with Gasteiger partial charge in [0.15, 0.2) is 17.1 Å². The maximum Gasteiger partial charge on any atom is 0.342 e. The van der Waals surface area contributed by atoms with Crippen LogP contribution in [0.2, 0.25) is 10.0 Å². The molecule has 0 aliphatic carbocycles. The Morgan fingerprint density at radius 2 is 1.74 bits per heavy atom. The number of para-hydroxylation sites is 1. The number of esters is 1. The summed E-state index contributed by atoms with van der Waals surface area (Å²) in [6.07, 6.45) is -1.16. The Labute approximate surface area is 205 Å². The highest BCUT2D eigenvalue weighted by molar-refractivity contribution is 6.35. The van der Waals surface area contributed by atoms with Crippen molar-refractivity contribution in [2.24, 2.45) is 0 Å². The van der Waals surface area contributed by atoms with E-state index in [0.717, 1.165) is 0 Å². The lowest BCUT2D eigenvalue weighted by atomic mass is 10.0. The molecule has 0 spiro atoms. The summed E-state index contributed by atoms with van der Waals surface area (Å²) in [5.74, 6) is -1.05. The minimum absolute atomic E-state index is 0.0345. The number of fused-ring (bicyclic) bond motifs is 1. The highest BCUT2D eigenvalue weighted by atomic mass is 35.5. The summed E-state index contributed by atoms with van der Waals surface area (Å²) in [6.45, 7) is 3.10. The topological polar surface area (TPSA) is 85.6 Å². The minimum Gasteiger partial charge on any atom is -0.455 e. The molecule has 0 unspecified atom stereocenters. The fraction of sp³-hybridized carbons (Fsp3) is 0.115. The molecule has 6 nitrogen and oxygen atoms in total. The van der Waals surface area contributed by atoms with Crippen LogP contribution in [0.1, 0.15) is 22.8 Å². The first-order valence-electron chi connectivity index (χ1n) is 10.3. The normalized spacial score (nSPS) is 11.8. The molecule has 4 aromatic rings. The molecular weight excluding hydrogens is 477 g/mol. The third-order valence-corrected chi connectivity index (χ3v) is 5.80. The van der Waals surface area contributed by atoms with Gasteiger partial charge in [-0.05, 0) is 44.2 Å². The smallest absolute Gasteiger partial charge is 0.342 e. The lowest BCUT2D eigenvalue weighted by molar-refractivity contribution is -0.123. The second-order valence-corrected chi connectivity index (χ2v) is 8.44. The van der Waals surface area contributed by atoms with Gasteiger partial charge in [-0.1, -0.05) is 59.6 Å². The first-order chi connectivity index (χ1) is 16.3. The van der Waals surface area contributed by atoms with Gasteiger partial charge >= 0.3 is 5.97 Å². The number of nitrogens with one attached hydrogen (secondary N) is 1. The quantitative estimate of drug-likeness (QED) is 0.330. The van der Waals surface area contributed by atoms with E-state index < -0.39 is 18.0 Å². The van der Waals surface area contributed by atoms with Crippen molar-refractivity contribution >= 4 is 51.7 Å². The van der Waals surface area contributed by atoms with Crippen LogP contribution in [-0.4, -0.2) is 18.0 Å². The van der Waals surface area contributed by atoms with E-state index in [0.29, 0.717) is 27.6 Å². The fourth-order valence-corrected chi connectivity index (χ4v) is 3.78. The Morgan fingerprint density at radius 3 is 2.47 bits per heavy atom. The third kappa shape index (κ3) is 4.69. The van der Waals surface area contributed by atoms with Gasteiger partial charge in [0.05, 0.1) is 16.1 Å².